The van der Waals surface area contributed by atoms with Crippen LogP contribution in [0.4, 0.5) is 0 Å². The van der Waals surface area contributed by atoms with Gasteiger partial charge < -0.3 is 9.84 Å². The summed E-state index contributed by atoms with van der Waals surface area (Å²) >= 11 is 6.43. The number of likely N-dealkylation sites (tertiary alicyclic amines) is 2. The lowest BCUT2D eigenvalue weighted by atomic mass is 9.67. The number of ether oxygens (including phenoxy) is 1. The van der Waals surface area contributed by atoms with Gasteiger partial charge in [0.15, 0.2) is 0 Å². The minimum absolute atomic E-state index is 0.0137. The molecule has 0 aromatic heterocycles. The standard InChI is InChI=1S/C38H47ClN2O4/c1-4-8-25(19-27-12-13-29(42)20-33(27)39)11-14-34-35-30(24(2)3)21-31-36(32(35)23-45-34)38(44)41(37(31)43)28-15-17-40(18-16-28)22-26-9-6-5-7-10-26/h5-7,9-10,12-13,19-20,24,28,31-32,34,36,42H,4,8,11,14-18,21-23H2,1-3H3/b25-19+/t31-,32+,34-,36-/m1/s1. The van der Waals surface area contributed by atoms with Crippen LogP contribution in [-0.2, 0) is 20.9 Å². The zero-order valence-electron chi connectivity index (χ0n) is 26.9. The van der Waals surface area contributed by atoms with Gasteiger partial charge in [-0.25, -0.2) is 0 Å². The molecule has 240 valence electrons. The molecule has 1 N–H and O–H groups in total. The number of carbonyl (C=O) groups is 2. The summed E-state index contributed by atoms with van der Waals surface area (Å²) in [6.07, 6.45) is 8.14. The van der Waals surface area contributed by atoms with Crippen molar-refractivity contribution in [2.24, 2.45) is 23.7 Å². The summed E-state index contributed by atoms with van der Waals surface area (Å²) in [7, 11) is 0. The number of halogens is 1. The largest absolute Gasteiger partial charge is 0.508 e. The zero-order chi connectivity index (χ0) is 31.7. The van der Waals surface area contributed by atoms with Crippen molar-refractivity contribution in [3.63, 3.8) is 0 Å². The van der Waals surface area contributed by atoms with E-state index in [1.807, 2.05) is 12.1 Å². The first-order chi connectivity index (χ1) is 21.7. The van der Waals surface area contributed by atoms with Gasteiger partial charge >= 0.3 is 0 Å². The summed E-state index contributed by atoms with van der Waals surface area (Å²) in [5.74, 6) is -0.0383. The number of carbonyl (C=O) groups excluding carboxylic acids is 2. The number of fused-ring (bicyclic) bond motifs is 3. The molecule has 4 atom stereocenters. The maximum atomic E-state index is 14.1. The summed E-state index contributed by atoms with van der Waals surface area (Å²) in [5.41, 5.74) is 6.13. The van der Waals surface area contributed by atoms with Crippen LogP contribution in [0.2, 0.25) is 5.02 Å². The smallest absolute Gasteiger partial charge is 0.234 e. The van der Waals surface area contributed by atoms with E-state index in [-0.39, 0.29) is 47.5 Å². The Kier molecular flexibility index (Phi) is 9.84. The van der Waals surface area contributed by atoms with E-state index in [0.717, 1.165) is 63.7 Å². The van der Waals surface area contributed by atoms with Crippen molar-refractivity contribution < 1.29 is 19.4 Å². The zero-order valence-corrected chi connectivity index (χ0v) is 27.6. The van der Waals surface area contributed by atoms with Crippen molar-refractivity contribution in [1.29, 1.82) is 0 Å². The van der Waals surface area contributed by atoms with Gasteiger partial charge in [-0.3, -0.25) is 19.4 Å². The number of piperidine rings is 1. The number of hydrogen-bond acceptors (Lipinski definition) is 5. The van der Waals surface area contributed by atoms with E-state index in [1.165, 1.54) is 22.3 Å². The molecule has 0 spiro atoms. The Balaban J connectivity index is 1.15. The third-order valence-corrected chi connectivity index (χ3v) is 10.8. The van der Waals surface area contributed by atoms with Gasteiger partial charge in [0.2, 0.25) is 11.8 Å². The predicted molar refractivity (Wildman–Crippen MR) is 179 cm³/mol. The number of benzene rings is 2. The maximum absolute atomic E-state index is 14.1. The lowest BCUT2D eigenvalue weighted by Crippen LogP contribution is -2.47. The molecule has 2 amide bonds. The number of phenolic OH excluding ortho intramolecular Hbond substituents is 1. The number of phenols is 1. The molecule has 7 heteroatoms. The second-order valence-electron chi connectivity index (χ2n) is 13.7. The van der Waals surface area contributed by atoms with Crippen molar-refractivity contribution in [2.45, 2.75) is 84.4 Å². The number of allylic oxidation sites excluding steroid dienone is 2. The van der Waals surface area contributed by atoms with Crippen molar-refractivity contribution in [3.8, 4) is 5.75 Å². The van der Waals surface area contributed by atoms with Gasteiger partial charge in [0.05, 0.1) is 29.6 Å². The molecule has 0 radical (unpaired) electrons. The van der Waals surface area contributed by atoms with E-state index in [4.69, 9.17) is 16.3 Å². The Bertz CT molecular complexity index is 1460. The van der Waals surface area contributed by atoms with Gasteiger partial charge in [0.25, 0.3) is 0 Å². The van der Waals surface area contributed by atoms with Gasteiger partial charge in [0, 0.05) is 31.6 Å². The first kappa shape index (κ1) is 32.0. The first-order valence-electron chi connectivity index (χ1n) is 16.9. The molecule has 6 rings (SSSR count). The van der Waals surface area contributed by atoms with Gasteiger partial charge in [0.1, 0.15) is 5.75 Å². The van der Waals surface area contributed by atoms with Crippen LogP contribution in [0.1, 0.15) is 76.8 Å². The second-order valence-corrected chi connectivity index (χ2v) is 14.1. The monoisotopic (exact) mass is 630 g/mol. The second kappa shape index (κ2) is 13.8. The average molecular weight is 631 g/mol. The van der Waals surface area contributed by atoms with E-state index >= 15 is 0 Å². The molecule has 3 aliphatic heterocycles. The fourth-order valence-corrected chi connectivity index (χ4v) is 8.51. The number of nitrogens with zero attached hydrogens (tertiary/aromatic N) is 2. The first-order valence-corrected chi connectivity index (χ1v) is 17.3. The van der Waals surface area contributed by atoms with Crippen LogP contribution in [0.25, 0.3) is 6.08 Å². The van der Waals surface area contributed by atoms with Crippen LogP contribution in [0, 0.1) is 23.7 Å². The molecule has 0 unspecified atom stereocenters. The molecular formula is C38H47ClN2O4. The predicted octanol–water partition coefficient (Wildman–Crippen LogP) is 7.65. The molecule has 2 aromatic carbocycles. The highest BCUT2D eigenvalue weighted by molar-refractivity contribution is 6.32. The Morgan fingerprint density at radius 3 is 2.49 bits per heavy atom. The average Bonchev–Trinajstić information content (AvgIpc) is 3.55. The molecule has 6 nitrogen and oxygen atoms in total. The van der Waals surface area contributed by atoms with Crippen molar-refractivity contribution in [3.05, 3.63) is 81.4 Å². The Hall–Kier alpha value is -2.93. The fourth-order valence-electron chi connectivity index (χ4n) is 8.28. The third-order valence-electron chi connectivity index (χ3n) is 10.5. The van der Waals surface area contributed by atoms with Crippen molar-refractivity contribution >= 4 is 29.5 Å². The Morgan fingerprint density at radius 1 is 1.04 bits per heavy atom. The Labute approximate surface area is 273 Å². The van der Waals surface area contributed by atoms with Gasteiger partial charge in [-0.05, 0) is 79.3 Å². The lowest BCUT2D eigenvalue weighted by Gasteiger charge is -2.36. The van der Waals surface area contributed by atoms with Crippen LogP contribution in [0.5, 0.6) is 5.75 Å². The lowest BCUT2D eigenvalue weighted by molar-refractivity contribution is -0.144. The third kappa shape index (κ3) is 6.65. The summed E-state index contributed by atoms with van der Waals surface area (Å²) in [6.45, 7) is 9.81. The summed E-state index contributed by atoms with van der Waals surface area (Å²) in [4.78, 5) is 32.2. The van der Waals surface area contributed by atoms with Crippen molar-refractivity contribution in [1.82, 2.24) is 9.80 Å². The normalized spacial score (nSPS) is 26.2. The molecule has 3 saturated heterocycles. The van der Waals surface area contributed by atoms with Gasteiger partial charge in [-0.1, -0.05) is 86.3 Å². The number of hydrogen-bond donors (Lipinski definition) is 1. The van der Waals surface area contributed by atoms with E-state index in [2.05, 4.69) is 56.0 Å². The molecule has 3 heterocycles. The van der Waals surface area contributed by atoms with Gasteiger partial charge in [-0.15, -0.1) is 0 Å². The molecular weight excluding hydrogens is 584 g/mol. The minimum Gasteiger partial charge on any atom is -0.508 e. The summed E-state index contributed by atoms with van der Waals surface area (Å²) < 4.78 is 6.51. The quantitative estimate of drug-likeness (QED) is 0.216. The maximum Gasteiger partial charge on any atom is 0.234 e. The minimum atomic E-state index is -0.302. The molecule has 0 bridgehead atoms. The molecule has 45 heavy (non-hydrogen) atoms. The highest BCUT2D eigenvalue weighted by atomic mass is 35.5. The number of amides is 2. The number of aromatic hydroxyl groups is 1. The molecule has 3 fully saturated rings. The SMILES string of the molecule is CCC/C(=C\c1ccc(O)cc1Cl)CC[C@H]1OC[C@H]2C1=C(C(C)C)C[C@H]1C(=O)N(C3CCN(Cc4ccccc4)CC3)C(=O)[C@H]12. The highest BCUT2D eigenvalue weighted by Crippen LogP contribution is 2.52. The van der Waals surface area contributed by atoms with E-state index in [1.54, 1.807) is 17.0 Å². The summed E-state index contributed by atoms with van der Waals surface area (Å²) in [5, 5.41) is 10.3. The van der Waals surface area contributed by atoms with Crippen molar-refractivity contribution in [2.75, 3.05) is 19.7 Å². The number of rotatable bonds is 10. The molecule has 2 aromatic rings. The molecule has 1 aliphatic carbocycles. The summed E-state index contributed by atoms with van der Waals surface area (Å²) in [6, 6.07) is 15.6. The van der Waals surface area contributed by atoms with Crippen LogP contribution in [-0.4, -0.2) is 58.6 Å². The van der Waals surface area contributed by atoms with E-state index in [9.17, 15) is 14.7 Å². The highest BCUT2D eigenvalue weighted by Gasteiger charge is 2.58. The van der Waals surface area contributed by atoms with E-state index in [0.29, 0.717) is 24.0 Å². The van der Waals surface area contributed by atoms with E-state index < -0.39 is 0 Å². The fraction of sp³-hybridized carbons (Fsp3) is 0.526. The Morgan fingerprint density at radius 2 is 1.80 bits per heavy atom. The topological polar surface area (TPSA) is 70.1 Å². The van der Waals surface area contributed by atoms with Crippen LogP contribution >= 0.6 is 11.6 Å². The van der Waals surface area contributed by atoms with Crippen LogP contribution in [0.3, 0.4) is 0 Å². The molecule has 4 aliphatic rings. The van der Waals surface area contributed by atoms with Crippen LogP contribution < -0.4 is 0 Å². The number of imide groups is 1. The molecule has 0 saturated carbocycles. The van der Waals surface area contributed by atoms with Gasteiger partial charge in [-0.2, -0.15) is 0 Å². The van der Waals surface area contributed by atoms with Crippen LogP contribution in [0.15, 0.2) is 65.3 Å².